The molecule has 1 aliphatic heterocycles. The van der Waals surface area contributed by atoms with Gasteiger partial charge < -0.3 is 10.0 Å². The van der Waals surface area contributed by atoms with Crippen molar-refractivity contribution in [2.75, 3.05) is 6.54 Å². The van der Waals surface area contributed by atoms with Crippen LogP contribution in [0, 0.1) is 5.92 Å². The molecule has 2 rings (SSSR count). The summed E-state index contributed by atoms with van der Waals surface area (Å²) in [6.45, 7) is 2.58. The van der Waals surface area contributed by atoms with E-state index in [2.05, 4.69) is 5.10 Å². The van der Waals surface area contributed by atoms with Crippen LogP contribution >= 0.6 is 0 Å². The summed E-state index contributed by atoms with van der Waals surface area (Å²) >= 11 is 0. The van der Waals surface area contributed by atoms with Gasteiger partial charge in [-0.3, -0.25) is 9.48 Å². The number of aryl methyl sites for hydroxylation is 2. The van der Waals surface area contributed by atoms with E-state index in [0.717, 1.165) is 12.1 Å². The SMILES string of the molecule is CC1CCN(C(=O)CCc2ccnn2C)C(C(=O)O)C1. The molecule has 2 heterocycles. The molecule has 1 fully saturated rings. The first kappa shape index (κ1) is 14.6. The van der Waals surface area contributed by atoms with Crippen molar-refractivity contribution in [3.8, 4) is 0 Å². The molecule has 6 heteroatoms. The van der Waals surface area contributed by atoms with Crippen LogP contribution < -0.4 is 0 Å². The minimum atomic E-state index is -0.898. The summed E-state index contributed by atoms with van der Waals surface area (Å²) in [7, 11) is 1.84. The van der Waals surface area contributed by atoms with Crippen molar-refractivity contribution in [1.29, 1.82) is 0 Å². The Balaban J connectivity index is 1.96. The maximum Gasteiger partial charge on any atom is 0.326 e. The number of carboxylic acids is 1. The standard InChI is InChI=1S/C14H21N3O3/c1-10-6-8-17(12(9-10)14(19)20)13(18)4-3-11-5-7-15-16(11)2/h5,7,10,12H,3-4,6,8-9H2,1-2H3,(H,19,20). The average molecular weight is 279 g/mol. The van der Waals surface area contributed by atoms with Crippen LogP contribution in [0.25, 0.3) is 0 Å². The number of nitrogens with zero attached hydrogens (tertiary/aromatic N) is 3. The molecule has 0 spiro atoms. The van der Waals surface area contributed by atoms with E-state index in [1.807, 2.05) is 20.0 Å². The molecule has 1 saturated heterocycles. The van der Waals surface area contributed by atoms with E-state index in [1.54, 1.807) is 10.9 Å². The highest BCUT2D eigenvalue weighted by molar-refractivity contribution is 5.84. The molecule has 110 valence electrons. The number of aromatic nitrogens is 2. The lowest BCUT2D eigenvalue weighted by atomic mass is 9.92. The first-order valence-corrected chi connectivity index (χ1v) is 6.98. The van der Waals surface area contributed by atoms with Crippen LogP contribution in [0.4, 0.5) is 0 Å². The molecule has 20 heavy (non-hydrogen) atoms. The van der Waals surface area contributed by atoms with Gasteiger partial charge in [-0.1, -0.05) is 6.92 Å². The Hall–Kier alpha value is -1.85. The first-order valence-electron chi connectivity index (χ1n) is 6.98. The Bertz CT molecular complexity index is 498. The van der Waals surface area contributed by atoms with E-state index in [9.17, 15) is 14.7 Å². The summed E-state index contributed by atoms with van der Waals surface area (Å²) in [6, 6.07) is 1.21. The van der Waals surface area contributed by atoms with Crippen LogP contribution in [0.5, 0.6) is 0 Å². The zero-order valence-corrected chi connectivity index (χ0v) is 12.0. The summed E-state index contributed by atoms with van der Waals surface area (Å²) in [5, 5.41) is 13.3. The molecule has 0 saturated carbocycles. The predicted molar refractivity (Wildman–Crippen MR) is 73.1 cm³/mol. The van der Waals surface area contributed by atoms with Gasteiger partial charge in [0.15, 0.2) is 0 Å². The molecule has 0 radical (unpaired) electrons. The van der Waals surface area contributed by atoms with Gasteiger partial charge in [0.2, 0.25) is 5.91 Å². The van der Waals surface area contributed by atoms with Gasteiger partial charge in [-0.15, -0.1) is 0 Å². The second-order valence-electron chi connectivity index (χ2n) is 5.52. The fourth-order valence-corrected chi connectivity index (χ4v) is 2.70. The van der Waals surface area contributed by atoms with Gasteiger partial charge in [-0.25, -0.2) is 4.79 Å². The quantitative estimate of drug-likeness (QED) is 0.894. The van der Waals surface area contributed by atoms with Crippen LogP contribution in [0.2, 0.25) is 0 Å². The van der Waals surface area contributed by atoms with Gasteiger partial charge in [0.25, 0.3) is 0 Å². The summed E-state index contributed by atoms with van der Waals surface area (Å²) in [5.74, 6) is -0.617. The number of carbonyl (C=O) groups excluding carboxylic acids is 1. The number of hydrogen-bond acceptors (Lipinski definition) is 3. The van der Waals surface area contributed by atoms with Crippen LogP contribution in [0.1, 0.15) is 31.9 Å². The molecule has 1 N–H and O–H groups in total. The molecular weight excluding hydrogens is 258 g/mol. The van der Waals surface area contributed by atoms with Gasteiger partial charge in [0.05, 0.1) is 0 Å². The number of hydrogen-bond donors (Lipinski definition) is 1. The number of piperidine rings is 1. The minimum absolute atomic E-state index is 0.0782. The van der Waals surface area contributed by atoms with Crippen LogP contribution in [-0.4, -0.2) is 44.3 Å². The average Bonchev–Trinajstić information content (AvgIpc) is 2.81. The highest BCUT2D eigenvalue weighted by Crippen LogP contribution is 2.23. The summed E-state index contributed by atoms with van der Waals surface area (Å²) in [6.07, 6.45) is 4.04. The van der Waals surface area contributed by atoms with E-state index < -0.39 is 12.0 Å². The van der Waals surface area contributed by atoms with E-state index in [1.165, 1.54) is 4.90 Å². The zero-order chi connectivity index (χ0) is 14.7. The molecule has 2 atom stereocenters. The number of carboxylic acid groups (broad SMARTS) is 1. The van der Waals surface area contributed by atoms with E-state index in [-0.39, 0.29) is 5.91 Å². The van der Waals surface area contributed by atoms with Crippen molar-refractivity contribution in [2.24, 2.45) is 13.0 Å². The summed E-state index contributed by atoms with van der Waals surface area (Å²) in [5.41, 5.74) is 0.982. The van der Waals surface area contributed by atoms with Crippen LogP contribution in [0.3, 0.4) is 0 Å². The number of rotatable bonds is 4. The molecular formula is C14H21N3O3. The smallest absolute Gasteiger partial charge is 0.326 e. The number of carbonyl (C=O) groups is 2. The number of likely N-dealkylation sites (tertiary alicyclic amines) is 1. The van der Waals surface area contributed by atoms with Crippen molar-refractivity contribution >= 4 is 11.9 Å². The van der Waals surface area contributed by atoms with Crippen LogP contribution in [0.15, 0.2) is 12.3 Å². The zero-order valence-electron chi connectivity index (χ0n) is 12.0. The highest BCUT2D eigenvalue weighted by atomic mass is 16.4. The summed E-state index contributed by atoms with van der Waals surface area (Å²) < 4.78 is 1.74. The van der Waals surface area contributed by atoms with E-state index in [4.69, 9.17) is 0 Å². The van der Waals surface area contributed by atoms with Crippen molar-refractivity contribution in [3.05, 3.63) is 18.0 Å². The van der Waals surface area contributed by atoms with Crippen molar-refractivity contribution in [2.45, 2.75) is 38.6 Å². The molecule has 0 bridgehead atoms. The molecule has 0 aliphatic carbocycles. The molecule has 0 aromatic carbocycles. The Morgan fingerprint density at radius 2 is 2.25 bits per heavy atom. The Morgan fingerprint density at radius 1 is 1.50 bits per heavy atom. The lowest BCUT2D eigenvalue weighted by Crippen LogP contribution is -2.49. The highest BCUT2D eigenvalue weighted by Gasteiger charge is 2.34. The van der Waals surface area contributed by atoms with Gasteiger partial charge >= 0.3 is 5.97 Å². The first-order chi connectivity index (χ1) is 9.49. The lowest BCUT2D eigenvalue weighted by molar-refractivity contribution is -0.153. The maximum absolute atomic E-state index is 12.3. The van der Waals surface area contributed by atoms with Crippen molar-refractivity contribution in [1.82, 2.24) is 14.7 Å². The third-order valence-corrected chi connectivity index (χ3v) is 3.99. The Labute approximate surface area is 118 Å². The molecule has 6 nitrogen and oxygen atoms in total. The molecule has 1 amide bonds. The lowest BCUT2D eigenvalue weighted by Gasteiger charge is -2.36. The fraction of sp³-hybridized carbons (Fsp3) is 0.643. The topological polar surface area (TPSA) is 75.4 Å². The second-order valence-corrected chi connectivity index (χ2v) is 5.52. The van der Waals surface area contributed by atoms with Gasteiger partial charge in [0, 0.05) is 31.9 Å². The molecule has 1 aromatic rings. The predicted octanol–water partition coefficient (Wildman–Crippen LogP) is 1.06. The third-order valence-electron chi connectivity index (χ3n) is 3.99. The monoisotopic (exact) mass is 279 g/mol. The van der Waals surface area contributed by atoms with Crippen LogP contribution in [-0.2, 0) is 23.1 Å². The number of amides is 1. The Kier molecular flexibility index (Phi) is 4.42. The van der Waals surface area contributed by atoms with Gasteiger partial charge in [0.1, 0.15) is 6.04 Å². The minimum Gasteiger partial charge on any atom is -0.480 e. The molecule has 1 aromatic heterocycles. The van der Waals surface area contributed by atoms with E-state index >= 15 is 0 Å². The number of aliphatic carboxylic acids is 1. The third kappa shape index (κ3) is 3.18. The van der Waals surface area contributed by atoms with Crippen molar-refractivity contribution < 1.29 is 14.7 Å². The Morgan fingerprint density at radius 3 is 2.85 bits per heavy atom. The normalized spacial score (nSPS) is 22.8. The fourth-order valence-electron chi connectivity index (χ4n) is 2.70. The van der Waals surface area contributed by atoms with Crippen molar-refractivity contribution in [3.63, 3.8) is 0 Å². The molecule has 2 unspecified atom stereocenters. The molecule has 1 aliphatic rings. The second kappa shape index (κ2) is 6.07. The largest absolute Gasteiger partial charge is 0.480 e. The summed E-state index contributed by atoms with van der Waals surface area (Å²) in [4.78, 5) is 25.1. The van der Waals surface area contributed by atoms with E-state index in [0.29, 0.717) is 31.7 Å². The van der Waals surface area contributed by atoms with Gasteiger partial charge in [-0.05, 0) is 31.2 Å². The van der Waals surface area contributed by atoms with Gasteiger partial charge in [-0.2, -0.15) is 5.10 Å². The maximum atomic E-state index is 12.3.